The van der Waals surface area contributed by atoms with Gasteiger partial charge in [-0.1, -0.05) is 27.7 Å². The van der Waals surface area contributed by atoms with Gasteiger partial charge < -0.3 is 4.90 Å². The van der Waals surface area contributed by atoms with Crippen molar-refractivity contribution < 1.29 is 0 Å². The fourth-order valence-corrected chi connectivity index (χ4v) is 3.04. The van der Waals surface area contributed by atoms with Gasteiger partial charge in [0.15, 0.2) is 0 Å². The molecule has 0 bridgehead atoms. The zero-order chi connectivity index (χ0) is 14.3. The summed E-state index contributed by atoms with van der Waals surface area (Å²) in [5, 5.41) is 0. The van der Waals surface area contributed by atoms with Gasteiger partial charge >= 0.3 is 0 Å². The highest BCUT2D eigenvalue weighted by molar-refractivity contribution is 4.81. The summed E-state index contributed by atoms with van der Waals surface area (Å²) in [5.41, 5.74) is 0. The third kappa shape index (κ3) is 7.31. The van der Waals surface area contributed by atoms with Gasteiger partial charge in [0.1, 0.15) is 0 Å². The van der Waals surface area contributed by atoms with Crippen LogP contribution in [0.3, 0.4) is 0 Å². The zero-order valence-electron chi connectivity index (χ0n) is 14.0. The molecule has 1 fully saturated rings. The quantitative estimate of drug-likeness (QED) is 0.626. The number of rotatable bonds is 9. The minimum atomic E-state index is 0.822. The first-order valence-electron chi connectivity index (χ1n) is 8.41. The average Bonchev–Trinajstić information content (AvgIpc) is 2.73. The molecule has 19 heavy (non-hydrogen) atoms. The molecule has 0 aromatic heterocycles. The maximum absolute atomic E-state index is 2.74. The van der Waals surface area contributed by atoms with Crippen LogP contribution in [0, 0.1) is 11.8 Å². The second-order valence-corrected chi connectivity index (χ2v) is 7.31. The van der Waals surface area contributed by atoms with E-state index < -0.39 is 0 Å². The molecule has 0 amide bonds. The number of nitrogens with zero attached hydrogens (tertiary/aromatic N) is 2. The lowest BCUT2D eigenvalue weighted by atomic mass is 10.1. The van der Waals surface area contributed by atoms with E-state index in [1.807, 2.05) is 0 Å². The smallest absolute Gasteiger partial charge is 0.0223 e. The minimum absolute atomic E-state index is 0.822. The molecule has 0 aromatic carbocycles. The van der Waals surface area contributed by atoms with E-state index >= 15 is 0 Å². The Morgan fingerprint density at radius 1 is 1.11 bits per heavy atom. The molecule has 0 spiro atoms. The second-order valence-electron chi connectivity index (χ2n) is 7.31. The van der Waals surface area contributed by atoms with Crippen molar-refractivity contribution in [1.82, 2.24) is 9.80 Å². The molecule has 1 atom stereocenters. The molecule has 2 heteroatoms. The Bertz CT molecular complexity index is 225. The van der Waals surface area contributed by atoms with E-state index in [2.05, 4.69) is 44.5 Å². The van der Waals surface area contributed by atoms with Crippen LogP contribution in [0.25, 0.3) is 0 Å². The van der Waals surface area contributed by atoms with Crippen molar-refractivity contribution in [3.63, 3.8) is 0 Å². The van der Waals surface area contributed by atoms with Gasteiger partial charge in [-0.3, -0.25) is 4.90 Å². The minimum Gasteiger partial charge on any atom is -0.305 e. The van der Waals surface area contributed by atoms with Crippen LogP contribution in [0.5, 0.6) is 0 Å². The molecule has 1 unspecified atom stereocenters. The van der Waals surface area contributed by atoms with E-state index in [1.165, 1.54) is 58.3 Å². The lowest BCUT2D eigenvalue weighted by Gasteiger charge is -2.29. The molecule has 0 N–H and O–H groups in total. The lowest BCUT2D eigenvalue weighted by Crippen LogP contribution is -2.39. The first-order chi connectivity index (χ1) is 8.99. The third-order valence-electron chi connectivity index (χ3n) is 4.34. The number of likely N-dealkylation sites (N-methyl/N-ethyl adjacent to an activating group) is 1. The predicted molar refractivity (Wildman–Crippen MR) is 85.6 cm³/mol. The van der Waals surface area contributed by atoms with Gasteiger partial charge in [0.25, 0.3) is 0 Å². The van der Waals surface area contributed by atoms with Crippen molar-refractivity contribution in [2.75, 3.05) is 33.2 Å². The van der Waals surface area contributed by atoms with E-state index in [0.29, 0.717) is 0 Å². The SMILES string of the molecule is CC(C)CCCN(C)CC1CCCN1CCC(C)C. The van der Waals surface area contributed by atoms with Gasteiger partial charge in [-0.05, 0) is 70.6 Å². The summed E-state index contributed by atoms with van der Waals surface area (Å²) in [7, 11) is 2.30. The Kier molecular flexibility index (Phi) is 8.01. The Morgan fingerprint density at radius 2 is 1.79 bits per heavy atom. The summed E-state index contributed by atoms with van der Waals surface area (Å²) in [4.78, 5) is 5.29. The Balaban J connectivity index is 2.21. The normalized spacial score (nSPS) is 21.2. The van der Waals surface area contributed by atoms with E-state index in [-0.39, 0.29) is 0 Å². The molecule has 1 aliphatic rings. The highest BCUT2D eigenvalue weighted by Crippen LogP contribution is 2.19. The van der Waals surface area contributed by atoms with Crippen molar-refractivity contribution in [3.8, 4) is 0 Å². The number of hydrogen-bond acceptors (Lipinski definition) is 2. The monoisotopic (exact) mass is 268 g/mol. The standard InChI is InChI=1S/C17H36N2/c1-15(2)8-6-11-18(5)14-17-9-7-12-19(17)13-10-16(3)4/h15-17H,6-14H2,1-5H3. The van der Waals surface area contributed by atoms with Crippen LogP contribution in [-0.4, -0.2) is 49.1 Å². The topological polar surface area (TPSA) is 6.48 Å². The number of likely N-dealkylation sites (tertiary alicyclic amines) is 1. The Labute approximate surface area is 121 Å². The highest BCUT2D eigenvalue weighted by atomic mass is 15.2. The molecular weight excluding hydrogens is 232 g/mol. The summed E-state index contributed by atoms with van der Waals surface area (Å²) in [6.45, 7) is 14.5. The Hall–Kier alpha value is -0.0800. The van der Waals surface area contributed by atoms with E-state index in [1.54, 1.807) is 0 Å². The molecule has 1 heterocycles. The molecule has 2 nitrogen and oxygen atoms in total. The van der Waals surface area contributed by atoms with Gasteiger partial charge in [0.2, 0.25) is 0 Å². The van der Waals surface area contributed by atoms with E-state index in [9.17, 15) is 0 Å². The summed E-state index contributed by atoms with van der Waals surface area (Å²) in [5.74, 6) is 1.69. The molecule has 1 aliphatic heterocycles. The van der Waals surface area contributed by atoms with E-state index in [0.717, 1.165) is 17.9 Å². The van der Waals surface area contributed by atoms with Gasteiger partial charge in [0.05, 0.1) is 0 Å². The van der Waals surface area contributed by atoms with Crippen molar-refractivity contribution in [1.29, 1.82) is 0 Å². The van der Waals surface area contributed by atoms with Crippen molar-refractivity contribution in [3.05, 3.63) is 0 Å². The average molecular weight is 268 g/mol. The lowest BCUT2D eigenvalue weighted by molar-refractivity contribution is 0.182. The van der Waals surface area contributed by atoms with Crippen LogP contribution in [0.15, 0.2) is 0 Å². The number of hydrogen-bond donors (Lipinski definition) is 0. The first-order valence-corrected chi connectivity index (χ1v) is 8.41. The first kappa shape index (κ1) is 17.0. The van der Waals surface area contributed by atoms with Crippen molar-refractivity contribution in [2.24, 2.45) is 11.8 Å². The molecule has 1 rings (SSSR count). The van der Waals surface area contributed by atoms with Gasteiger partial charge in [-0.15, -0.1) is 0 Å². The summed E-state index contributed by atoms with van der Waals surface area (Å²) in [6.07, 6.45) is 6.89. The summed E-state index contributed by atoms with van der Waals surface area (Å²) >= 11 is 0. The van der Waals surface area contributed by atoms with Crippen LogP contribution < -0.4 is 0 Å². The zero-order valence-corrected chi connectivity index (χ0v) is 14.0. The van der Waals surface area contributed by atoms with Crippen LogP contribution >= 0.6 is 0 Å². The maximum Gasteiger partial charge on any atom is 0.0223 e. The molecule has 0 aromatic rings. The molecular formula is C17H36N2. The summed E-state index contributed by atoms with van der Waals surface area (Å²) < 4.78 is 0. The van der Waals surface area contributed by atoms with Gasteiger partial charge in [0, 0.05) is 12.6 Å². The second kappa shape index (κ2) is 8.97. The Morgan fingerprint density at radius 3 is 2.42 bits per heavy atom. The van der Waals surface area contributed by atoms with Crippen LogP contribution in [0.2, 0.25) is 0 Å². The van der Waals surface area contributed by atoms with Crippen molar-refractivity contribution >= 4 is 0 Å². The van der Waals surface area contributed by atoms with Crippen LogP contribution in [0.4, 0.5) is 0 Å². The van der Waals surface area contributed by atoms with E-state index in [4.69, 9.17) is 0 Å². The molecule has 114 valence electrons. The molecule has 0 aliphatic carbocycles. The predicted octanol–water partition coefficient (Wildman–Crippen LogP) is 3.86. The van der Waals surface area contributed by atoms with Gasteiger partial charge in [-0.25, -0.2) is 0 Å². The molecule has 0 saturated carbocycles. The summed E-state index contributed by atoms with van der Waals surface area (Å²) in [6, 6.07) is 0.822. The molecule has 0 radical (unpaired) electrons. The third-order valence-corrected chi connectivity index (χ3v) is 4.34. The highest BCUT2D eigenvalue weighted by Gasteiger charge is 2.24. The van der Waals surface area contributed by atoms with Gasteiger partial charge in [-0.2, -0.15) is 0 Å². The molecule has 1 saturated heterocycles. The van der Waals surface area contributed by atoms with Crippen LogP contribution in [0.1, 0.15) is 59.8 Å². The fraction of sp³-hybridized carbons (Fsp3) is 1.00. The van der Waals surface area contributed by atoms with Crippen LogP contribution in [-0.2, 0) is 0 Å². The van der Waals surface area contributed by atoms with Crippen molar-refractivity contribution in [2.45, 2.75) is 65.8 Å². The largest absolute Gasteiger partial charge is 0.305 e. The fourth-order valence-electron chi connectivity index (χ4n) is 3.04. The maximum atomic E-state index is 2.74.